The lowest BCUT2D eigenvalue weighted by atomic mass is 10.2. The number of amides is 1. The van der Waals surface area contributed by atoms with Crippen LogP contribution >= 0.6 is 11.3 Å². The Morgan fingerprint density at radius 3 is 2.85 bits per heavy atom. The van der Waals surface area contributed by atoms with E-state index in [9.17, 15) is 13.2 Å². The summed E-state index contributed by atoms with van der Waals surface area (Å²) in [5, 5.41) is 9.23. The number of nitrogens with zero attached hydrogens (tertiary/aromatic N) is 3. The van der Waals surface area contributed by atoms with Crippen LogP contribution < -0.4 is 10.0 Å². The minimum atomic E-state index is -3.52. The van der Waals surface area contributed by atoms with Gasteiger partial charge in [-0.3, -0.25) is 9.48 Å². The van der Waals surface area contributed by atoms with E-state index in [4.69, 9.17) is 0 Å². The first-order chi connectivity index (χ1) is 12.4. The smallest absolute Gasteiger partial charge is 0.271 e. The van der Waals surface area contributed by atoms with Crippen molar-refractivity contribution in [3.05, 3.63) is 53.3 Å². The number of sulfonamides is 1. The van der Waals surface area contributed by atoms with Crippen molar-refractivity contribution < 1.29 is 13.2 Å². The van der Waals surface area contributed by atoms with Crippen LogP contribution in [-0.2, 0) is 23.6 Å². The normalized spacial score (nSPS) is 11.5. The van der Waals surface area contributed by atoms with Crippen molar-refractivity contribution in [1.29, 1.82) is 0 Å². The molecule has 0 aliphatic heterocycles. The largest absolute Gasteiger partial charge is 0.347 e. The summed E-state index contributed by atoms with van der Waals surface area (Å²) in [6.45, 7) is 0.200. The molecular weight excluding hydrogens is 374 g/mol. The zero-order valence-electron chi connectivity index (χ0n) is 14.1. The topological polar surface area (TPSA) is 106 Å². The van der Waals surface area contributed by atoms with Crippen LogP contribution in [0.3, 0.4) is 0 Å². The van der Waals surface area contributed by atoms with Gasteiger partial charge in [-0.05, 0) is 24.7 Å². The van der Waals surface area contributed by atoms with Crippen molar-refractivity contribution in [3.63, 3.8) is 0 Å². The Labute approximate surface area is 154 Å². The molecule has 0 saturated heterocycles. The van der Waals surface area contributed by atoms with Crippen LogP contribution in [0.4, 0.5) is 0 Å². The minimum Gasteiger partial charge on any atom is -0.347 e. The molecule has 0 unspecified atom stereocenters. The predicted octanol–water partition coefficient (Wildman–Crippen LogP) is 1.38. The summed E-state index contributed by atoms with van der Waals surface area (Å²) in [6, 6.07) is 6.40. The van der Waals surface area contributed by atoms with Crippen molar-refractivity contribution in [2.24, 2.45) is 7.05 Å². The van der Waals surface area contributed by atoms with Crippen LogP contribution in [0.25, 0.3) is 10.6 Å². The highest BCUT2D eigenvalue weighted by molar-refractivity contribution is 7.89. The Kier molecular flexibility index (Phi) is 5.16. The highest BCUT2D eigenvalue weighted by atomic mass is 32.2. The fourth-order valence-electron chi connectivity index (χ4n) is 2.26. The third-order valence-corrected chi connectivity index (χ3v) is 5.92. The third kappa shape index (κ3) is 3.98. The van der Waals surface area contributed by atoms with Crippen LogP contribution in [0.5, 0.6) is 0 Å². The molecule has 3 rings (SSSR count). The summed E-state index contributed by atoms with van der Waals surface area (Å²) >= 11 is 1.36. The number of carbonyl (C=O) groups is 1. The maximum Gasteiger partial charge on any atom is 0.271 e. The van der Waals surface area contributed by atoms with Gasteiger partial charge in [-0.25, -0.2) is 18.1 Å². The summed E-state index contributed by atoms with van der Waals surface area (Å²) < 4.78 is 27.6. The fourth-order valence-corrected chi connectivity index (χ4v) is 3.83. The van der Waals surface area contributed by atoms with Crippen molar-refractivity contribution in [2.45, 2.75) is 11.4 Å². The average Bonchev–Trinajstić information content (AvgIpc) is 3.29. The number of nitrogens with one attached hydrogen (secondary N) is 2. The van der Waals surface area contributed by atoms with E-state index in [0.717, 1.165) is 5.56 Å². The molecule has 0 aliphatic rings. The Hall–Kier alpha value is -2.56. The van der Waals surface area contributed by atoms with Crippen LogP contribution in [0.2, 0.25) is 0 Å². The van der Waals surface area contributed by atoms with Gasteiger partial charge in [0.25, 0.3) is 5.91 Å². The summed E-state index contributed by atoms with van der Waals surface area (Å²) in [5.41, 5.74) is 1.84. The van der Waals surface area contributed by atoms with Gasteiger partial charge in [0.15, 0.2) is 0 Å². The number of carbonyl (C=O) groups excluding carboxylic acids is 1. The summed E-state index contributed by atoms with van der Waals surface area (Å²) in [6.07, 6.45) is 3.52. The van der Waals surface area contributed by atoms with E-state index in [1.807, 2.05) is 13.2 Å². The standard InChI is InChI=1S/C16H17N5O3S2/c1-17-26(23,24)13-5-3-4-11(6-13)7-18-15(22)14-10-25-16(20-14)12-8-19-21(2)9-12/h3-6,8-10,17H,7H2,1-2H3,(H,18,22). The Morgan fingerprint density at radius 1 is 1.35 bits per heavy atom. The van der Waals surface area contributed by atoms with Crippen molar-refractivity contribution >= 4 is 27.3 Å². The van der Waals surface area contributed by atoms with Crippen molar-refractivity contribution in [2.75, 3.05) is 7.05 Å². The molecule has 0 fully saturated rings. The van der Waals surface area contributed by atoms with Crippen LogP contribution in [0, 0.1) is 0 Å². The molecule has 3 aromatic rings. The quantitative estimate of drug-likeness (QED) is 0.660. The first-order valence-electron chi connectivity index (χ1n) is 7.64. The van der Waals surface area contributed by atoms with Gasteiger partial charge in [0.1, 0.15) is 10.7 Å². The van der Waals surface area contributed by atoms with Gasteiger partial charge in [0.05, 0.1) is 11.1 Å². The molecule has 0 atom stereocenters. The predicted molar refractivity (Wildman–Crippen MR) is 98.2 cm³/mol. The second-order valence-corrected chi connectivity index (χ2v) is 8.22. The van der Waals surface area contributed by atoms with Gasteiger partial charge in [0.2, 0.25) is 10.0 Å². The molecule has 0 bridgehead atoms. The van der Waals surface area contributed by atoms with Crippen molar-refractivity contribution in [1.82, 2.24) is 24.8 Å². The lowest BCUT2D eigenvalue weighted by Crippen LogP contribution is -2.23. The molecule has 0 aliphatic carbocycles. The number of aromatic nitrogens is 3. The third-order valence-electron chi connectivity index (χ3n) is 3.62. The molecule has 8 nitrogen and oxygen atoms in total. The molecule has 2 N–H and O–H groups in total. The number of hydrogen-bond acceptors (Lipinski definition) is 6. The molecular formula is C16H17N5O3S2. The number of benzene rings is 1. The Bertz CT molecular complexity index is 1040. The van der Waals surface area contributed by atoms with Crippen molar-refractivity contribution in [3.8, 4) is 10.6 Å². The number of thiazole rings is 1. The van der Waals surface area contributed by atoms with Gasteiger partial charge in [-0.1, -0.05) is 12.1 Å². The van der Waals surface area contributed by atoms with Crippen LogP contribution in [-0.4, -0.2) is 36.1 Å². The van der Waals surface area contributed by atoms with E-state index in [1.54, 1.807) is 28.4 Å². The van der Waals surface area contributed by atoms with Gasteiger partial charge in [0, 0.05) is 30.7 Å². The van der Waals surface area contributed by atoms with Gasteiger partial charge < -0.3 is 5.32 Å². The first-order valence-corrected chi connectivity index (χ1v) is 10.0. The molecule has 10 heteroatoms. The molecule has 0 saturated carbocycles. The van der Waals surface area contributed by atoms with Gasteiger partial charge >= 0.3 is 0 Å². The van der Waals surface area contributed by atoms with Gasteiger partial charge in [-0.15, -0.1) is 11.3 Å². The minimum absolute atomic E-state index is 0.152. The maximum absolute atomic E-state index is 12.3. The summed E-state index contributed by atoms with van der Waals surface area (Å²) in [7, 11) is -0.352. The average molecular weight is 391 g/mol. The number of rotatable bonds is 6. The fraction of sp³-hybridized carbons (Fsp3) is 0.188. The number of hydrogen-bond donors (Lipinski definition) is 2. The van der Waals surface area contributed by atoms with E-state index >= 15 is 0 Å². The monoisotopic (exact) mass is 391 g/mol. The lowest BCUT2D eigenvalue weighted by molar-refractivity contribution is 0.0946. The van der Waals surface area contributed by atoms with E-state index < -0.39 is 10.0 Å². The molecule has 26 heavy (non-hydrogen) atoms. The zero-order chi connectivity index (χ0) is 18.7. The Morgan fingerprint density at radius 2 is 2.15 bits per heavy atom. The van der Waals surface area contributed by atoms with E-state index in [0.29, 0.717) is 16.3 Å². The van der Waals surface area contributed by atoms with Crippen LogP contribution in [0.15, 0.2) is 46.9 Å². The van der Waals surface area contributed by atoms with Crippen LogP contribution in [0.1, 0.15) is 16.1 Å². The number of aryl methyl sites for hydroxylation is 1. The second kappa shape index (κ2) is 7.36. The molecule has 2 aromatic heterocycles. The first kappa shape index (κ1) is 18.2. The SMILES string of the molecule is CNS(=O)(=O)c1cccc(CNC(=O)c2csc(-c3cnn(C)c3)n2)c1. The van der Waals surface area contributed by atoms with E-state index in [2.05, 4.69) is 20.1 Å². The molecule has 1 amide bonds. The second-order valence-electron chi connectivity index (χ2n) is 5.48. The molecule has 0 spiro atoms. The van der Waals surface area contributed by atoms with E-state index in [-0.39, 0.29) is 17.3 Å². The maximum atomic E-state index is 12.3. The highest BCUT2D eigenvalue weighted by Crippen LogP contribution is 2.22. The van der Waals surface area contributed by atoms with Gasteiger partial charge in [-0.2, -0.15) is 5.10 Å². The lowest BCUT2D eigenvalue weighted by Gasteiger charge is -2.07. The Balaban J connectivity index is 1.68. The zero-order valence-corrected chi connectivity index (χ0v) is 15.8. The molecule has 1 aromatic carbocycles. The highest BCUT2D eigenvalue weighted by Gasteiger charge is 2.14. The molecule has 2 heterocycles. The van der Waals surface area contributed by atoms with E-state index in [1.165, 1.54) is 30.5 Å². The molecule has 136 valence electrons. The summed E-state index contributed by atoms with van der Waals surface area (Å²) in [4.78, 5) is 16.8. The summed E-state index contributed by atoms with van der Waals surface area (Å²) in [5.74, 6) is -0.321. The molecule has 0 radical (unpaired) electrons.